The fourth-order valence-corrected chi connectivity index (χ4v) is 2.10. The van der Waals surface area contributed by atoms with E-state index in [0.29, 0.717) is 0 Å². The predicted molar refractivity (Wildman–Crippen MR) is 75.8 cm³/mol. The number of nitrogens with zero attached hydrogens (tertiary/aromatic N) is 1. The summed E-state index contributed by atoms with van der Waals surface area (Å²) in [5.41, 5.74) is 6.03. The van der Waals surface area contributed by atoms with Crippen molar-refractivity contribution in [1.29, 1.82) is 0 Å². The molecule has 0 spiro atoms. The fraction of sp³-hybridized carbons (Fsp3) is 0.400. The predicted octanol–water partition coefficient (Wildman–Crippen LogP) is 3.59. The molecule has 96 valence electrons. The van der Waals surface area contributed by atoms with Crippen molar-refractivity contribution in [2.75, 3.05) is 5.32 Å². The lowest BCUT2D eigenvalue weighted by Gasteiger charge is -2.07. The van der Waals surface area contributed by atoms with Crippen molar-refractivity contribution >= 4 is 5.69 Å². The van der Waals surface area contributed by atoms with Gasteiger partial charge in [-0.3, -0.25) is 5.10 Å². The van der Waals surface area contributed by atoms with E-state index in [1.165, 1.54) is 17.5 Å². The minimum absolute atomic E-state index is 0.821. The van der Waals surface area contributed by atoms with Crippen molar-refractivity contribution in [1.82, 2.24) is 10.2 Å². The molecule has 0 aliphatic heterocycles. The Hall–Kier alpha value is -1.77. The molecule has 1 aromatic carbocycles. The second-order valence-corrected chi connectivity index (χ2v) is 4.71. The van der Waals surface area contributed by atoms with E-state index in [-0.39, 0.29) is 0 Å². The molecule has 1 heterocycles. The smallest absolute Gasteiger partial charge is 0.0643 e. The molecule has 3 nitrogen and oxygen atoms in total. The highest BCUT2D eigenvalue weighted by molar-refractivity contribution is 5.45. The lowest BCUT2D eigenvalue weighted by Crippen LogP contribution is -2.01. The van der Waals surface area contributed by atoms with Crippen LogP contribution >= 0.6 is 0 Å². The molecule has 0 atom stereocenters. The zero-order chi connectivity index (χ0) is 13.0. The van der Waals surface area contributed by atoms with Crippen molar-refractivity contribution < 1.29 is 0 Å². The van der Waals surface area contributed by atoms with E-state index in [9.17, 15) is 0 Å². The molecule has 0 aliphatic carbocycles. The fourth-order valence-electron chi connectivity index (χ4n) is 2.10. The van der Waals surface area contributed by atoms with Crippen LogP contribution in [0.1, 0.15) is 35.9 Å². The summed E-state index contributed by atoms with van der Waals surface area (Å²) in [5.74, 6) is 0. The summed E-state index contributed by atoms with van der Waals surface area (Å²) >= 11 is 0. The van der Waals surface area contributed by atoms with Gasteiger partial charge in [0.2, 0.25) is 0 Å². The molecule has 0 unspecified atom stereocenters. The van der Waals surface area contributed by atoms with E-state index in [0.717, 1.165) is 30.0 Å². The number of hydrogen-bond donors (Lipinski definition) is 2. The first kappa shape index (κ1) is 12.7. The molecular weight excluding hydrogens is 222 g/mol. The number of aromatic amines is 1. The van der Waals surface area contributed by atoms with Gasteiger partial charge in [-0.25, -0.2) is 0 Å². The molecule has 0 amide bonds. The zero-order valence-electron chi connectivity index (χ0n) is 11.4. The van der Waals surface area contributed by atoms with Gasteiger partial charge in [-0.2, -0.15) is 5.10 Å². The van der Waals surface area contributed by atoms with Crippen LogP contribution < -0.4 is 5.32 Å². The summed E-state index contributed by atoms with van der Waals surface area (Å²) in [7, 11) is 0. The summed E-state index contributed by atoms with van der Waals surface area (Å²) < 4.78 is 0. The van der Waals surface area contributed by atoms with Crippen molar-refractivity contribution in [2.24, 2.45) is 0 Å². The summed E-state index contributed by atoms with van der Waals surface area (Å²) in [4.78, 5) is 0. The maximum absolute atomic E-state index is 4.20. The first-order valence-corrected chi connectivity index (χ1v) is 6.54. The second kappa shape index (κ2) is 5.71. The Morgan fingerprint density at radius 2 is 1.89 bits per heavy atom. The van der Waals surface area contributed by atoms with E-state index in [4.69, 9.17) is 0 Å². The van der Waals surface area contributed by atoms with E-state index in [1.807, 2.05) is 6.92 Å². The van der Waals surface area contributed by atoms with Gasteiger partial charge in [-0.1, -0.05) is 25.5 Å². The summed E-state index contributed by atoms with van der Waals surface area (Å²) in [6.45, 7) is 7.12. The monoisotopic (exact) mass is 243 g/mol. The van der Waals surface area contributed by atoms with Gasteiger partial charge in [0, 0.05) is 23.5 Å². The van der Waals surface area contributed by atoms with Crippen LogP contribution in [0.4, 0.5) is 5.69 Å². The third-order valence-corrected chi connectivity index (χ3v) is 3.24. The molecule has 1 aromatic heterocycles. The van der Waals surface area contributed by atoms with Crippen LogP contribution in [0.3, 0.4) is 0 Å². The largest absolute Gasteiger partial charge is 0.381 e. The quantitative estimate of drug-likeness (QED) is 0.842. The average Bonchev–Trinajstić information content (AvgIpc) is 2.69. The normalized spacial score (nSPS) is 10.6. The molecule has 0 saturated heterocycles. The van der Waals surface area contributed by atoms with E-state index < -0.39 is 0 Å². The van der Waals surface area contributed by atoms with Gasteiger partial charge in [-0.05, 0) is 38.0 Å². The molecule has 0 bridgehead atoms. The van der Waals surface area contributed by atoms with Gasteiger partial charge in [0.15, 0.2) is 0 Å². The SMILES string of the molecule is CCCc1ccc(NCc2c(C)n[nH]c2C)cc1. The third kappa shape index (κ3) is 2.92. The van der Waals surface area contributed by atoms with Crippen LogP contribution in [0.15, 0.2) is 24.3 Å². The number of rotatable bonds is 5. The Kier molecular flexibility index (Phi) is 4.03. The highest BCUT2D eigenvalue weighted by atomic mass is 15.1. The molecule has 0 radical (unpaired) electrons. The third-order valence-electron chi connectivity index (χ3n) is 3.24. The molecule has 0 fully saturated rings. The second-order valence-electron chi connectivity index (χ2n) is 4.71. The molecule has 2 N–H and O–H groups in total. The first-order valence-electron chi connectivity index (χ1n) is 6.54. The molecule has 3 heteroatoms. The van der Waals surface area contributed by atoms with Gasteiger partial charge in [0.1, 0.15) is 0 Å². The van der Waals surface area contributed by atoms with Gasteiger partial charge in [0.05, 0.1) is 5.69 Å². The number of aryl methyl sites for hydroxylation is 3. The molecule has 2 aromatic rings. The Morgan fingerprint density at radius 3 is 2.44 bits per heavy atom. The van der Waals surface area contributed by atoms with Gasteiger partial charge < -0.3 is 5.32 Å². The topological polar surface area (TPSA) is 40.7 Å². The van der Waals surface area contributed by atoms with Crippen molar-refractivity contribution in [3.8, 4) is 0 Å². The Labute approximate surface area is 109 Å². The van der Waals surface area contributed by atoms with Gasteiger partial charge in [0.25, 0.3) is 0 Å². The first-order chi connectivity index (χ1) is 8.70. The van der Waals surface area contributed by atoms with E-state index >= 15 is 0 Å². The van der Waals surface area contributed by atoms with Crippen molar-refractivity contribution in [3.05, 3.63) is 46.8 Å². The average molecular weight is 243 g/mol. The number of anilines is 1. The van der Waals surface area contributed by atoms with Crippen LogP contribution in [0.2, 0.25) is 0 Å². The zero-order valence-corrected chi connectivity index (χ0v) is 11.4. The Balaban J connectivity index is 1.98. The Morgan fingerprint density at radius 1 is 1.17 bits per heavy atom. The lowest BCUT2D eigenvalue weighted by atomic mass is 10.1. The molecule has 0 aliphatic rings. The minimum atomic E-state index is 0.821. The highest BCUT2D eigenvalue weighted by Crippen LogP contribution is 2.15. The number of aromatic nitrogens is 2. The maximum atomic E-state index is 4.20. The van der Waals surface area contributed by atoms with Crippen LogP contribution in [-0.2, 0) is 13.0 Å². The van der Waals surface area contributed by atoms with Gasteiger partial charge >= 0.3 is 0 Å². The summed E-state index contributed by atoms with van der Waals surface area (Å²) in [6.07, 6.45) is 2.35. The molecule has 0 saturated carbocycles. The maximum Gasteiger partial charge on any atom is 0.0643 e. The molecule has 2 rings (SSSR count). The van der Waals surface area contributed by atoms with Crippen LogP contribution in [-0.4, -0.2) is 10.2 Å². The van der Waals surface area contributed by atoms with Crippen LogP contribution in [0.5, 0.6) is 0 Å². The van der Waals surface area contributed by atoms with Crippen LogP contribution in [0, 0.1) is 13.8 Å². The highest BCUT2D eigenvalue weighted by Gasteiger charge is 2.05. The minimum Gasteiger partial charge on any atom is -0.381 e. The van der Waals surface area contributed by atoms with Crippen molar-refractivity contribution in [2.45, 2.75) is 40.2 Å². The van der Waals surface area contributed by atoms with E-state index in [2.05, 4.69) is 53.6 Å². The molecule has 18 heavy (non-hydrogen) atoms. The lowest BCUT2D eigenvalue weighted by molar-refractivity contribution is 0.922. The Bertz CT molecular complexity index is 477. The summed E-state index contributed by atoms with van der Waals surface area (Å²) in [6, 6.07) is 8.69. The van der Waals surface area contributed by atoms with E-state index in [1.54, 1.807) is 0 Å². The van der Waals surface area contributed by atoms with Crippen molar-refractivity contribution in [3.63, 3.8) is 0 Å². The number of hydrogen-bond acceptors (Lipinski definition) is 2. The molecular formula is C15H21N3. The van der Waals surface area contributed by atoms with Gasteiger partial charge in [-0.15, -0.1) is 0 Å². The summed E-state index contributed by atoms with van der Waals surface area (Å²) in [5, 5.41) is 10.6. The number of nitrogens with one attached hydrogen (secondary N) is 2. The number of H-pyrrole nitrogens is 1. The number of benzene rings is 1. The standard InChI is InChI=1S/C15H21N3/c1-4-5-13-6-8-14(9-7-13)16-10-15-11(2)17-18-12(15)3/h6-9,16H,4-5,10H2,1-3H3,(H,17,18). The van der Waals surface area contributed by atoms with Crippen LogP contribution in [0.25, 0.3) is 0 Å².